The molecule has 0 aliphatic heterocycles. The van der Waals surface area contributed by atoms with Gasteiger partial charge in [-0.15, -0.1) is 0 Å². The molecule has 12 heteroatoms. The Kier molecular flexibility index (Phi) is 7.86. The Bertz CT molecular complexity index is 1510. The Morgan fingerprint density at radius 3 is 2.16 bits per heavy atom. The maximum absolute atomic E-state index is 13.3. The van der Waals surface area contributed by atoms with E-state index in [1.165, 1.54) is 32.4 Å². The predicted molar refractivity (Wildman–Crippen MR) is 139 cm³/mol. The van der Waals surface area contributed by atoms with Crippen molar-refractivity contribution < 1.29 is 32.3 Å². The maximum atomic E-state index is 13.3. The molecule has 2 unspecified atom stereocenters. The molecule has 38 heavy (non-hydrogen) atoms. The minimum absolute atomic E-state index is 0.0733. The average Bonchev–Trinajstić information content (AvgIpc) is 2.92. The monoisotopic (exact) mass is 538 g/mol. The number of benzene rings is 3. The topological polar surface area (TPSA) is 159 Å². The van der Waals surface area contributed by atoms with Crippen LogP contribution in [0.3, 0.4) is 0 Å². The van der Waals surface area contributed by atoms with Crippen LogP contribution in [0.15, 0.2) is 88.1 Å². The van der Waals surface area contributed by atoms with Gasteiger partial charge in [0.05, 0.1) is 27.3 Å². The minimum atomic E-state index is -5.20. The van der Waals surface area contributed by atoms with Crippen LogP contribution >= 0.6 is 0 Å². The van der Waals surface area contributed by atoms with E-state index in [1.807, 2.05) is 18.2 Å². The summed E-state index contributed by atoms with van der Waals surface area (Å²) in [4.78, 5) is 10.5. The van der Waals surface area contributed by atoms with E-state index < -0.39 is 26.9 Å². The van der Waals surface area contributed by atoms with Crippen LogP contribution in [0.2, 0.25) is 0 Å². The summed E-state index contributed by atoms with van der Waals surface area (Å²) in [6, 6.07) is 19.9. The SMILES string of the molecule is COc1ccccc1CN=NC1(S(=O)(=O)O)c2ccccc2/C(=N/NCc2ccccc2OC)C(=O)C1O. The van der Waals surface area contributed by atoms with Crippen molar-refractivity contribution in [3.05, 3.63) is 95.1 Å². The van der Waals surface area contributed by atoms with Crippen molar-refractivity contribution in [2.45, 2.75) is 24.1 Å². The van der Waals surface area contributed by atoms with Gasteiger partial charge in [0, 0.05) is 22.3 Å². The summed E-state index contributed by atoms with van der Waals surface area (Å²) in [5.41, 5.74) is 3.83. The van der Waals surface area contributed by atoms with Gasteiger partial charge in [-0.2, -0.15) is 23.7 Å². The minimum Gasteiger partial charge on any atom is -0.496 e. The normalized spacial score (nSPS) is 20.4. The van der Waals surface area contributed by atoms with Crippen LogP contribution in [-0.2, 0) is 32.9 Å². The van der Waals surface area contributed by atoms with Crippen molar-refractivity contribution in [2.75, 3.05) is 14.2 Å². The number of hydrogen-bond donors (Lipinski definition) is 3. The van der Waals surface area contributed by atoms with E-state index in [4.69, 9.17) is 9.47 Å². The molecule has 0 radical (unpaired) electrons. The molecule has 2 atom stereocenters. The van der Waals surface area contributed by atoms with Crippen molar-refractivity contribution in [2.24, 2.45) is 15.3 Å². The fraction of sp³-hybridized carbons (Fsp3) is 0.231. The number of hydrazone groups is 1. The molecule has 3 aromatic rings. The van der Waals surface area contributed by atoms with Crippen LogP contribution in [-0.4, -0.2) is 49.9 Å². The second-order valence-electron chi connectivity index (χ2n) is 8.30. The summed E-state index contributed by atoms with van der Waals surface area (Å²) < 4.78 is 46.4. The van der Waals surface area contributed by atoms with Crippen LogP contribution in [0.1, 0.15) is 22.3 Å². The molecule has 0 spiro atoms. The number of para-hydroxylation sites is 2. The number of carbonyl (C=O) groups is 1. The summed E-state index contributed by atoms with van der Waals surface area (Å²) in [5, 5.41) is 23.1. The third kappa shape index (κ3) is 4.88. The fourth-order valence-electron chi connectivity index (χ4n) is 4.25. The first-order valence-electron chi connectivity index (χ1n) is 11.5. The number of hydrogen-bond acceptors (Lipinski definition) is 10. The average molecular weight is 539 g/mol. The molecule has 3 aromatic carbocycles. The zero-order valence-electron chi connectivity index (χ0n) is 20.6. The smallest absolute Gasteiger partial charge is 0.300 e. The van der Waals surface area contributed by atoms with Gasteiger partial charge in [-0.1, -0.05) is 60.7 Å². The molecule has 1 aliphatic carbocycles. The van der Waals surface area contributed by atoms with Crippen molar-refractivity contribution >= 4 is 21.6 Å². The van der Waals surface area contributed by atoms with Crippen LogP contribution in [0.4, 0.5) is 0 Å². The zero-order valence-corrected chi connectivity index (χ0v) is 21.4. The van der Waals surface area contributed by atoms with Gasteiger partial charge in [-0.25, -0.2) is 0 Å². The van der Waals surface area contributed by atoms with Gasteiger partial charge in [0.1, 0.15) is 17.2 Å². The number of Topliss-reactive ketones (excluding diaryl/α,β-unsaturated/α-hetero) is 1. The quantitative estimate of drug-likeness (QED) is 0.213. The van der Waals surface area contributed by atoms with Gasteiger partial charge in [-0.3, -0.25) is 9.35 Å². The largest absolute Gasteiger partial charge is 0.496 e. The Balaban J connectivity index is 1.75. The molecule has 0 saturated heterocycles. The third-order valence-corrected chi connectivity index (χ3v) is 7.43. The standard InChI is InChI=1S/C26H26N4O7S/c1-36-21-13-7-3-9-17(21)15-27-29-23-19-11-5-6-12-20(19)26(38(33,34)35,25(32)24(23)31)30-28-16-18-10-4-8-14-22(18)37-2/h3-14,25,27,32H,15-16H2,1-2H3,(H,33,34,35)/b29-23-,30-28?. The number of methoxy groups -OCH3 is 2. The van der Waals surface area contributed by atoms with E-state index in [0.29, 0.717) is 17.1 Å². The second-order valence-corrected chi connectivity index (χ2v) is 9.87. The Morgan fingerprint density at radius 1 is 0.921 bits per heavy atom. The van der Waals surface area contributed by atoms with Crippen LogP contribution in [0.25, 0.3) is 0 Å². The summed E-state index contributed by atoms with van der Waals surface area (Å²) in [7, 11) is -2.21. The van der Waals surface area contributed by atoms with Crippen molar-refractivity contribution in [1.29, 1.82) is 0 Å². The number of aliphatic hydroxyl groups excluding tert-OH is 1. The summed E-state index contributed by atoms with van der Waals surface area (Å²) >= 11 is 0. The lowest BCUT2D eigenvalue weighted by molar-refractivity contribution is -0.122. The number of fused-ring (bicyclic) bond motifs is 1. The van der Waals surface area contributed by atoms with E-state index in [1.54, 1.807) is 36.4 Å². The van der Waals surface area contributed by atoms with Gasteiger partial charge in [0.15, 0.2) is 6.10 Å². The Morgan fingerprint density at radius 2 is 1.50 bits per heavy atom. The van der Waals surface area contributed by atoms with Crippen molar-refractivity contribution in [1.82, 2.24) is 5.43 Å². The molecule has 0 aromatic heterocycles. The number of aliphatic hydroxyl groups is 1. The molecule has 4 rings (SSSR count). The molecular formula is C26H26N4O7S. The first-order chi connectivity index (χ1) is 18.2. The molecule has 0 heterocycles. The van der Waals surface area contributed by atoms with Crippen LogP contribution in [0, 0.1) is 0 Å². The Labute approximate surface area is 219 Å². The van der Waals surface area contributed by atoms with Crippen molar-refractivity contribution in [3.8, 4) is 11.5 Å². The molecule has 0 saturated carbocycles. The van der Waals surface area contributed by atoms with Gasteiger partial charge in [0.2, 0.25) is 5.78 Å². The van der Waals surface area contributed by atoms with E-state index in [-0.39, 0.29) is 29.9 Å². The first kappa shape index (κ1) is 26.9. The van der Waals surface area contributed by atoms with Crippen LogP contribution < -0.4 is 14.9 Å². The highest BCUT2D eigenvalue weighted by Gasteiger charge is 2.60. The lowest BCUT2D eigenvalue weighted by atomic mass is 9.83. The molecule has 1 aliphatic rings. The highest BCUT2D eigenvalue weighted by molar-refractivity contribution is 7.86. The number of nitrogens with zero attached hydrogens (tertiary/aromatic N) is 3. The molecule has 0 amide bonds. The predicted octanol–water partition coefficient (Wildman–Crippen LogP) is 2.83. The highest BCUT2D eigenvalue weighted by Crippen LogP contribution is 2.42. The van der Waals surface area contributed by atoms with E-state index in [9.17, 15) is 22.9 Å². The number of azo groups is 1. The third-order valence-electron chi connectivity index (χ3n) is 6.12. The molecular weight excluding hydrogens is 512 g/mol. The van der Waals surface area contributed by atoms with Gasteiger partial charge in [-0.05, 0) is 12.1 Å². The summed E-state index contributed by atoms with van der Waals surface area (Å²) in [6.45, 7) is 0.0485. The van der Waals surface area contributed by atoms with E-state index >= 15 is 0 Å². The Hall–Kier alpha value is -4.13. The number of nitrogens with one attached hydrogen (secondary N) is 1. The summed E-state index contributed by atoms with van der Waals surface area (Å²) in [6.07, 6.45) is -2.32. The van der Waals surface area contributed by atoms with Gasteiger partial charge < -0.3 is 20.0 Å². The van der Waals surface area contributed by atoms with Crippen LogP contribution in [0.5, 0.6) is 11.5 Å². The molecule has 198 valence electrons. The lowest BCUT2D eigenvalue weighted by Gasteiger charge is -2.35. The van der Waals surface area contributed by atoms with Gasteiger partial charge >= 0.3 is 10.1 Å². The number of ketones is 1. The first-order valence-corrected chi connectivity index (χ1v) is 12.9. The number of carbonyl (C=O) groups excluding carboxylic acids is 1. The lowest BCUT2D eigenvalue weighted by Crippen LogP contribution is -2.55. The van der Waals surface area contributed by atoms with Crippen molar-refractivity contribution in [3.63, 3.8) is 0 Å². The molecule has 3 N–H and O–H groups in total. The maximum Gasteiger partial charge on any atom is 0.300 e. The van der Waals surface area contributed by atoms with E-state index in [2.05, 4.69) is 20.8 Å². The molecule has 0 bridgehead atoms. The number of rotatable bonds is 9. The van der Waals surface area contributed by atoms with Gasteiger partial charge in [0.25, 0.3) is 4.87 Å². The molecule has 11 nitrogen and oxygen atoms in total. The highest BCUT2D eigenvalue weighted by atomic mass is 32.2. The second kappa shape index (κ2) is 11.1. The summed E-state index contributed by atoms with van der Waals surface area (Å²) in [5.74, 6) is 0.0464. The molecule has 0 fully saturated rings. The fourth-order valence-corrected chi connectivity index (χ4v) is 5.25. The number of ether oxygens (including phenoxy) is 2. The zero-order chi connectivity index (χ0) is 27.3. The van der Waals surface area contributed by atoms with E-state index in [0.717, 1.165) is 5.56 Å².